The molecule has 0 N–H and O–H groups in total. The maximum atomic E-state index is 12.4. The molecule has 0 bridgehead atoms. The molecule has 0 fully saturated rings. The Bertz CT molecular complexity index is 828. The van der Waals surface area contributed by atoms with Crippen molar-refractivity contribution in [1.29, 1.82) is 0 Å². The van der Waals surface area contributed by atoms with E-state index >= 15 is 0 Å². The normalized spacial score (nSPS) is 13.4. The van der Waals surface area contributed by atoms with Gasteiger partial charge in [-0.3, -0.25) is 10.1 Å². The first-order valence-corrected chi connectivity index (χ1v) is 7.37. The number of benzene rings is 2. The number of hydrogen-bond acceptors (Lipinski definition) is 5. The Morgan fingerprint density at radius 2 is 1.71 bits per heavy atom. The third-order valence-corrected chi connectivity index (χ3v) is 4.05. The number of hydrogen-bond donors (Lipinski definition) is 0. The molecule has 2 aromatic rings. The molecule has 1 aliphatic rings. The molecule has 124 valence electrons. The summed E-state index contributed by atoms with van der Waals surface area (Å²) in [6.45, 7) is 0.314. The Hall–Kier alpha value is -3.09. The van der Waals surface area contributed by atoms with E-state index in [0.717, 1.165) is 15.9 Å². The molecule has 24 heavy (non-hydrogen) atoms. The fourth-order valence-corrected chi connectivity index (χ4v) is 2.86. The minimum absolute atomic E-state index is 0.0138. The number of nitro benzene ring substituents is 1. The largest absolute Gasteiger partial charge is 0.623 e. The Kier molecular flexibility index (Phi) is 4.07. The van der Waals surface area contributed by atoms with Crippen LogP contribution in [0.15, 0.2) is 36.4 Å². The molecule has 0 amide bonds. The van der Waals surface area contributed by atoms with Crippen LogP contribution < -0.4 is 9.47 Å². The smallest absolute Gasteiger partial charge is 0.269 e. The molecule has 2 aromatic carbocycles. The molecule has 0 saturated heterocycles. The zero-order valence-electron chi connectivity index (χ0n) is 13.3. The third-order valence-electron chi connectivity index (χ3n) is 4.05. The van der Waals surface area contributed by atoms with Gasteiger partial charge >= 0.3 is 0 Å². The van der Waals surface area contributed by atoms with Crippen molar-refractivity contribution in [1.82, 2.24) is 0 Å². The lowest BCUT2D eigenvalue weighted by atomic mass is 9.92. The van der Waals surface area contributed by atoms with Gasteiger partial charge in [0.05, 0.1) is 24.7 Å². The summed E-state index contributed by atoms with van der Waals surface area (Å²) in [4.78, 5) is 10.3. The predicted molar refractivity (Wildman–Crippen MR) is 88.1 cm³/mol. The van der Waals surface area contributed by atoms with E-state index in [-0.39, 0.29) is 5.69 Å². The second-order valence-electron chi connectivity index (χ2n) is 5.37. The summed E-state index contributed by atoms with van der Waals surface area (Å²) in [7, 11) is 3.10. The summed E-state index contributed by atoms with van der Waals surface area (Å²) in [6.07, 6.45) is 0.593. The van der Waals surface area contributed by atoms with Gasteiger partial charge in [0.2, 0.25) is 5.71 Å². The number of ether oxygens (including phenoxy) is 2. The van der Waals surface area contributed by atoms with Gasteiger partial charge < -0.3 is 14.7 Å². The molecule has 1 heterocycles. The van der Waals surface area contributed by atoms with E-state index in [1.807, 2.05) is 6.07 Å². The molecule has 7 nitrogen and oxygen atoms in total. The summed E-state index contributed by atoms with van der Waals surface area (Å²) in [6, 6.07) is 9.60. The standard InChI is InChI=1S/C17H16N2O5/c1-23-15-9-12-7-8-18(20)17(14(12)10-16(15)24-2)11-3-5-13(6-4-11)19(21)22/h3-6,9-10H,7-8H2,1-2H3. The number of fused-ring (bicyclic) bond motifs is 1. The molecule has 0 aliphatic carbocycles. The molecular weight excluding hydrogens is 312 g/mol. The van der Waals surface area contributed by atoms with Crippen LogP contribution in [0.1, 0.15) is 16.7 Å². The highest BCUT2D eigenvalue weighted by Crippen LogP contribution is 2.33. The molecule has 1 aliphatic heterocycles. The van der Waals surface area contributed by atoms with E-state index in [4.69, 9.17) is 9.47 Å². The van der Waals surface area contributed by atoms with Gasteiger partial charge in [-0.15, -0.1) is 0 Å². The Labute approximate surface area is 138 Å². The van der Waals surface area contributed by atoms with Crippen LogP contribution in [0.3, 0.4) is 0 Å². The van der Waals surface area contributed by atoms with Crippen molar-refractivity contribution >= 4 is 11.4 Å². The van der Waals surface area contributed by atoms with Gasteiger partial charge in [0.1, 0.15) is 0 Å². The Morgan fingerprint density at radius 3 is 2.29 bits per heavy atom. The minimum atomic E-state index is -0.466. The summed E-state index contributed by atoms with van der Waals surface area (Å²) >= 11 is 0. The van der Waals surface area contributed by atoms with Crippen molar-refractivity contribution in [2.24, 2.45) is 0 Å². The van der Waals surface area contributed by atoms with Crippen LogP contribution >= 0.6 is 0 Å². The Morgan fingerprint density at radius 1 is 1.08 bits per heavy atom. The van der Waals surface area contributed by atoms with Crippen molar-refractivity contribution in [2.45, 2.75) is 6.42 Å². The van der Waals surface area contributed by atoms with Crippen LogP contribution in [0.25, 0.3) is 0 Å². The van der Waals surface area contributed by atoms with Crippen LogP contribution in [0.2, 0.25) is 0 Å². The fourth-order valence-electron chi connectivity index (χ4n) is 2.86. The summed E-state index contributed by atoms with van der Waals surface area (Å²) < 4.78 is 11.5. The van der Waals surface area contributed by atoms with Crippen molar-refractivity contribution in [3.8, 4) is 11.5 Å². The zero-order valence-corrected chi connectivity index (χ0v) is 13.3. The molecule has 0 radical (unpaired) electrons. The van der Waals surface area contributed by atoms with E-state index in [9.17, 15) is 15.3 Å². The summed E-state index contributed by atoms with van der Waals surface area (Å²) in [5.74, 6) is 1.14. The van der Waals surface area contributed by atoms with Gasteiger partial charge in [-0.05, 0) is 29.8 Å². The predicted octanol–water partition coefficient (Wildman–Crippen LogP) is 2.52. The highest BCUT2D eigenvalue weighted by atomic mass is 16.6. The van der Waals surface area contributed by atoms with Crippen molar-refractivity contribution < 1.29 is 19.1 Å². The van der Waals surface area contributed by atoms with Crippen molar-refractivity contribution in [2.75, 3.05) is 20.8 Å². The first kappa shape index (κ1) is 15.8. The third kappa shape index (κ3) is 2.64. The number of non-ortho nitro benzene ring substituents is 1. The van der Waals surface area contributed by atoms with Crippen molar-refractivity contribution in [3.63, 3.8) is 0 Å². The number of hydroxylamine groups is 1. The molecule has 7 heteroatoms. The van der Waals surface area contributed by atoms with E-state index in [1.54, 1.807) is 25.3 Å². The van der Waals surface area contributed by atoms with Crippen LogP contribution in [-0.4, -0.2) is 36.1 Å². The average Bonchev–Trinajstić information content (AvgIpc) is 2.60. The van der Waals surface area contributed by atoms with Gasteiger partial charge in [-0.25, -0.2) is 4.74 Å². The number of nitrogens with zero attached hydrogens (tertiary/aromatic N) is 2. The summed E-state index contributed by atoms with van der Waals surface area (Å²) in [5.41, 5.74) is 2.83. The van der Waals surface area contributed by atoms with Crippen LogP contribution in [0, 0.1) is 15.3 Å². The van der Waals surface area contributed by atoms with Gasteiger partial charge in [-0.1, -0.05) is 0 Å². The lowest BCUT2D eigenvalue weighted by Gasteiger charge is -2.21. The molecular formula is C17H16N2O5. The molecule has 3 rings (SSSR count). The number of rotatable bonds is 4. The second kappa shape index (κ2) is 6.19. The highest BCUT2D eigenvalue weighted by molar-refractivity contribution is 6.11. The summed E-state index contributed by atoms with van der Waals surface area (Å²) in [5, 5.41) is 23.2. The van der Waals surface area contributed by atoms with Crippen LogP contribution in [-0.2, 0) is 6.42 Å². The molecule has 0 spiro atoms. The maximum Gasteiger partial charge on any atom is 0.269 e. The quantitative estimate of drug-likeness (QED) is 0.372. The minimum Gasteiger partial charge on any atom is -0.623 e. The maximum absolute atomic E-state index is 12.4. The SMILES string of the molecule is COc1cc2c(cc1OC)C(c1ccc([N+](=O)[O-])cc1)=[N+]([O-])CC2. The van der Waals surface area contributed by atoms with E-state index < -0.39 is 4.92 Å². The number of methoxy groups -OCH3 is 2. The second-order valence-corrected chi connectivity index (χ2v) is 5.37. The highest BCUT2D eigenvalue weighted by Gasteiger charge is 2.27. The van der Waals surface area contributed by atoms with Crippen LogP contribution in [0.5, 0.6) is 11.5 Å². The van der Waals surface area contributed by atoms with Crippen LogP contribution in [0.4, 0.5) is 5.69 Å². The molecule has 0 aromatic heterocycles. The lowest BCUT2D eigenvalue weighted by molar-refractivity contribution is -0.457. The van der Waals surface area contributed by atoms with E-state index in [0.29, 0.717) is 35.7 Å². The fraction of sp³-hybridized carbons (Fsp3) is 0.235. The topological polar surface area (TPSA) is 87.7 Å². The number of nitro groups is 1. The van der Waals surface area contributed by atoms with Gasteiger partial charge in [0, 0.05) is 24.1 Å². The monoisotopic (exact) mass is 328 g/mol. The molecule has 0 atom stereocenters. The lowest BCUT2D eigenvalue weighted by Crippen LogP contribution is -2.27. The first-order valence-electron chi connectivity index (χ1n) is 7.37. The van der Waals surface area contributed by atoms with Gasteiger partial charge in [0.25, 0.3) is 5.69 Å². The molecule has 0 saturated carbocycles. The van der Waals surface area contributed by atoms with Gasteiger partial charge in [-0.2, -0.15) is 0 Å². The Balaban J connectivity index is 2.13. The van der Waals surface area contributed by atoms with E-state index in [1.165, 1.54) is 19.2 Å². The van der Waals surface area contributed by atoms with E-state index in [2.05, 4.69) is 0 Å². The van der Waals surface area contributed by atoms with Crippen molar-refractivity contribution in [3.05, 3.63) is 68.4 Å². The average molecular weight is 328 g/mol. The molecule has 0 unspecified atom stereocenters. The first-order chi connectivity index (χ1) is 11.5. The van der Waals surface area contributed by atoms with Gasteiger partial charge in [0.15, 0.2) is 18.0 Å². The zero-order chi connectivity index (χ0) is 17.3.